The predicted octanol–water partition coefficient (Wildman–Crippen LogP) is -1.03. The molecule has 0 spiro atoms. The Bertz CT molecular complexity index is 130. The van der Waals surface area contributed by atoms with Crippen LogP contribution in [0.4, 0.5) is 0 Å². The molecule has 0 amide bonds. The van der Waals surface area contributed by atoms with Gasteiger partial charge in [0.25, 0.3) is 0 Å². The lowest BCUT2D eigenvalue weighted by Gasteiger charge is -2.04. The third-order valence-electron chi connectivity index (χ3n) is 1.13. The maximum absolute atomic E-state index is 9.98. The molecule has 0 aliphatic carbocycles. The lowest BCUT2D eigenvalue weighted by atomic mass is 10.2. The van der Waals surface area contributed by atoms with Crippen molar-refractivity contribution in [2.75, 3.05) is 0 Å². The fourth-order valence-electron chi connectivity index (χ4n) is 0.687. The summed E-state index contributed by atoms with van der Waals surface area (Å²) < 4.78 is 0. The van der Waals surface area contributed by atoms with Crippen molar-refractivity contribution in [2.45, 2.75) is 18.9 Å². The van der Waals surface area contributed by atoms with Gasteiger partial charge in [0.15, 0.2) is 0 Å². The van der Waals surface area contributed by atoms with E-state index in [2.05, 4.69) is 4.99 Å². The van der Waals surface area contributed by atoms with Crippen molar-refractivity contribution in [1.29, 1.82) is 0 Å². The van der Waals surface area contributed by atoms with E-state index < -0.39 is 12.0 Å². The monoisotopic (exact) mass is 112 g/mol. The summed E-state index contributed by atoms with van der Waals surface area (Å²) in [5.41, 5.74) is 0. The molecule has 0 unspecified atom stereocenters. The van der Waals surface area contributed by atoms with Crippen LogP contribution in [0.2, 0.25) is 0 Å². The summed E-state index contributed by atoms with van der Waals surface area (Å²) in [6, 6.07) is -0.560. The number of carboxylic acid groups (broad SMARTS) is 1. The Morgan fingerprint density at radius 3 is 2.88 bits per heavy atom. The van der Waals surface area contributed by atoms with Gasteiger partial charge in [-0.15, -0.1) is 0 Å². The molecule has 0 saturated carbocycles. The predicted molar refractivity (Wildman–Crippen MR) is 26.5 cm³/mol. The second-order valence-electron chi connectivity index (χ2n) is 1.74. The Labute approximate surface area is 47.0 Å². The minimum absolute atomic E-state index is 0.560. The Morgan fingerprint density at radius 1 is 1.88 bits per heavy atom. The van der Waals surface area contributed by atoms with Gasteiger partial charge in [-0.05, 0) is 19.1 Å². The van der Waals surface area contributed by atoms with Gasteiger partial charge in [-0.2, -0.15) is 0 Å². The summed E-state index contributed by atoms with van der Waals surface area (Å²) in [6.45, 7) is 0. The van der Waals surface area contributed by atoms with E-state index in [1.165, 1.54) is 0 Å². The van der Waals surface area contributed by atoms with E-state index in [1.807, 2.05) is 0 Å². The van der Waals surface area contributed by atoms with Crippen LogP contribution in [0, 0.1) is 0 Å². The normalized spacial score (nSPS) is 26.2. The van der Waals surface area contributed by atoms with Crippen LogP contribution < -0.4 is 5.11 Å². The number of carbonyl (C=O) groups excluding carboxylic acids is 1. The van der Waals surface area contributed by atoms with Gasteiger partial charge >= 0.3 is 0 Å². The van der Waals surface area contributed by atoms with Crippen molar-refractivity contribution in [2.24, 2.45) is 4.99 Å². The molecular weight excluding hydrogens is 106 g/mol. The molecule has 0 bridgehead atoms. The standard InChI is InChI=1S/C5H7NO2/c7-5(8)4-2-1-3-6-4/h3-4H,1-2H2,(H,7,8)/p-1/t4-/m0/s1. The van der Waals surface area contributed by atoms with Crippen LogP contribution in [0.25, 0.3) is 0 Å². The molecule has 1 heterocycles. The first kappa shape index (κ1) is 5.28. The molecule has 1 aliphatic rings. The molecule has 0 N–H and O–H groups in total. The number of hydrogen-bond acceptors (Lipinski definition) is 3. The van der Waals surface area contributed by atoms with Gasteiger partial charge in [-0.1, -0.05) is 0 Å². The molecule has 3 nitrogen and oxygen atoms in total. The first-order chi connectivity index (χ1) is 3.80. The van der Waals surface area contributed by atoms with E-state index in [0.29, 0.717) is 6.42 Å². The number of aliphatic carboxylic acids is 1. The van der Waals surface area contributed by atoms with E-state index in [4.69, 9.17) is 0 Å². The largest absolute Gasteiger partial charge is 0.548 e. The molecule has 0 aromatic rings. The zero-order valence-electron chi connectivity index (χ0n) is 4.33. The lowest BCUT2D eigenvalue weighted by molar-refractivity contribution is -0.307. The van der Waals surface area contributed by atoms with Gasteiger partial charge in [-0.25, -0.2) is 0 Å². The Hall–Kier alpha value is -0.860. The highest BCUT2D eigenvalue weighted by molar-refractivity contribution is 5.77. The molecule has 44 valence electrons. The quantitative estimate of drug-likeness (QED) is 0.435. The van der Waals surface area contributed by atoms with Crippen molar-refractivity contribution in [1.82, 2.24) is 0 Å². The maximum Gasteiger partial charge on any atom is 0.0892 e. The number of carbonyl (C=O) groups is 1. The number of aliphatic imine (C=N–C) groups is 1. The Balaban J connectivity index is 2.48. The Kier molecular flexibility index (Phi) is 1.28. The van der Waals surface area contributed by atoms with Gasteiger partial charge in [-0.3, -0.25) is 4.99 Å². The second kappa shape index (κ2) is 1.94. The van der Waals surface area contributed by atoms with E-state index >= 15 is 0 Å². The summed E-state index contributed by atoms with van der Waals surface area (Å²) in [7, 11) is 0. The second-order valence-corrected chi connectivity index (χ2v) is 1.74. The van der Waals surface area contributed by atoms with Gasteiger partial charge < -0.3 is 9.90 Å². The van der Waals surface area contributed by atoms with Crippen molar-refractivity contribution < 1.29 is 9.90 Å². The van der Waals surface area contributed by atoms with Crippen LogP contribution in [-0.2, 0) is 4.79 Å². The third-order valence-corrected chi connectivity index (χ3v) is 1.13. The van der Waals surface area contributed by atoms with Crippen molar-refractivity contribution in [3.05, 3.63) is 0 Å². The highest BCUT2D eigenvalue weighted by atomic mass is 16.4. The van der Waals surface area contributed by atoms with E-state index in [1.54, 1.807) is 6.21 Å². The summed E-state index contributed by atoms with van der Waals surface area (Å²) in [5, 5.41) is 9.98. The average molecular weight is 112 g/mol. The number of carboxylic acids is 1. The molecule has 0 aromatic carbocycles. The fourth-order valence-corrected chi connectivity index (χ4v) is 0.687. The van der Waals surface area contributed by atoms with Crippen LogP contribution in [-0.4, -0.2) is 18.2 Å². The van der Waals surface area contributed by atoms with E-state index in [-0.39, 0.29) is 0 Å². The minimum atomic E-state index is -1.06. The SMILES string of the molecule is O=C([O-])[C@@H]1CCC=N1. The highest BCUT2D eigenvalue weighted by Crippen LogP contribution is 2.05. The molecule has 0 radical (unpaired) electrons. The van der Waals surface area contributed by atoms with E-state index in [9.17, 15) is 9.90 Å². The molecule has 1 rings (SSSR count). The molecule has 0 saturated heterocycles. The van der Waals surface area contributed by atoms with Crippen LogP contribution in [0.15, 0.2) is 4.99 Å². The Morgan fingerprint density at radius 2 is 2.62 bits per heavy atom. The number of hydrogen-bond donors (Lipinski definition) is 0. The van der Waals surface area contributed by atoms with Crippen molar-refractivity contribution in [3.8, 4) is 0 Å². The number of rotatable bonds is 1. The smallest absolute Gasteiger partial charge is 0.0892 e. The van der Waals surface area contributed by atoms with Crippen LogP contribution in [0.1, 0.15) is 12.8 Å². The van der Waals surface area contributed by atoms with Crippen LogP contribution >= 0.6 is 0 Å². The molecule has 1 atom stereocenters. The van der Waals surface area contributed by atoms with Crippen LogP contribution in [0.3, 0.4) is 0 Å². The topological polar surface area (TPSA) is 52.5 Å². The van der Waals surface area contributed by atoms with Gasteiger partial charge in [0.2, 0.25) is 0 Å². The summed E-state index contributed by atoms with van der Waals surface area (Å²) >= 11 is 0. The molecule has 3 heteroatoms. The lowest BCUT2D eigenvalue weighted by Crippen LogP contribution is -2.32. The zero-order chi connectivity index (χ0) is 5.98. The van der Waals surface area contributed by atoms with Crippen molar-refractivity contribution >= 4 is 12.2 Å². The summed E-state index contributed by atoms with van der Waals surface area (Å²) in [5.74, 6) is -1.06. The molecular formula is C5H6NO2-. The average Bonchev–Trinajstić information content (AvgIpc) is 2.12. The summed E-state index contributed by atoms with van der Waals surface area (Å²) in [6.07, 6.45) is 3.02. The van der Waals surface area contributed by atoms with Gasteiger partial charge in [0.1, 0.15) is 0 Å². The molecule has 0 fully saturated rings. The number of nitrogens with zero attached hydrogens (tertiary/aromatic N) is 1. The summed E-state index contributed by atoms with van der Waals surface area (Å²) in [4.78, 5) is 13.6. The minimum Gasteiger partial charge on any atom is -0.548 e. The van der Waals surface area contributed by atoms with Gasteiger partial charge in [0.05, 0.1) is 12.0 Å². The third kappa shape index (κ3) is 0.857. The van der Waals surface area contributed by atoms with E-state index in [0.717, 1.165) is 6.42 Å². The highest BCUT2D eigenvalue weighted by Gasteiger charge is 2.09. The first-order valence-electron chi connectivity index (χ1n) is 2.53. The molecule has 0 aromatic heterocycles. The van der Waals surface area contributed by atoms with Gasteiger partial charge in [0, 0.05) is 0 Å². The zero-order valence-corrected chi connectivity index (χ0v) is 4.33. The molecule has 1 aliphatic heterocycles. The fraction of sp³-hybridized carbons (Fsp3) is 0.600. The first-order valence-corrected chi connectivity index (χ1v) is 2.53. The van der Waals surface area contributed by atoms with Crippen LogP contribution in [0.5, 0.6) is 0 Å². The maximum atomic E-state index is 9.98. The van der Waals surface area contributed by atoms with Crippen molar-refractivity contribution in [3.63, 3.8) is 0 Å². The molecule has 8 heavy (non-hydrogen) atoms.